The summed E-state index contributed by atoms with van der Waals surface area (Å²) in [6, 6.07) is 8.07. The predicted octanol–water partition coefficient (Wildman–Crippen LogP) is 0.699. The highest BCUT2D eigenvalue weighted by Crippen LogP contribution is 2.02. The molecule has 0 radical (unpaired) electrons. The Kier molecular flexibility index (Phi) is 5.83. The predicted molar refractivity (Wildman–Crippen MR) is 80.7 cm³/mol. The number of carbonyl (C=O) groups excluding carboxylic acids is 1. The second-order valence-electron chi connectivity index (χ2n) is 5.19. The van der Waals surface area contributed by atoms with Gasteiger partial charge in [0.25, 0.3) is 0 Å². The summed E-state index contributed by atoms with van der Waals surface area (Å²) in [6.45, 7) is 8.44. The first kappa shape index (κ1) is 14.8. The van der Waals surface area contributed by atoms with Gasteiger partial charge in [-0.2, -0.15) is 0 Å². The normalized spacial score (nSPS) is 15.8. The molecule has 5 heteroatoms. The lowest BCUT2D eigenvalue weighted by Crippen LogP contribution is -2.47. The molecule has 0 saturated carbocycles. The van der Waals surface area contributed by atoms with Gasteiger partial charge in [0.1, 0.15) is 0 Å². The zero-order valence-corrected chi connectivity index (χ0v) is 12.1. The zero-order chi connectivity index (χ0) is 14.2. The van der Waals surface area contributed by atoms with Crippen LogP contribution in [0.3, 0.4) is 0 Å². The Bertz CT molecular complexity index is 430. The summed E-state index contributed by atoms with van der Waals surface area (Å²) in [4.78, 5) is 14.0. The molecular weight excluding hydrogens is 252 g/mol. The average molecular weight is 276 g/mol. The van der Waals surface area contributed by atoms with E-state index in [4.69, 9.17) is 0 Å². The Morgan fingerprint density at radius 1 is 1.30 bits per heavy atom. The van der Waals surface area contributed by atoms with Gasteiger partial charge in [0.2, 0.25) is 0 Å². The number of aryl methyl sites for hydroxylation is 1. The maximum Gasteiger partial charge on any atom is 0.315 e. The highest BCUT2D eigenvalue weighted by atomic mass is 16.2. The summed E-state index contributed by atoms with van der Waals surface area (Å²) in [5, 5.41) is 9.10. The first-order valence-corrected chi connectivity index (χ1v) is 7.24. The van der Waals surface area contributed by atoms with E-state index in [1.807, 2.05) is 12.1 Å². The maximum absolute atomic E-state index is 11.7. The lowest BCUT2D eigenvalue weighted by molar-refractivity contribution is 0.226. The SMILES string of the molecule is Cc1cccc(CNC(=O)NCCN2CCNCC2)c1. The zero-order valence-electron chi connectivity index (χ0n) is 12.1. The summed E-state index contributed by atoms with van der Waals surface area (Å²) < 4.78 is 0. The van der Waals surface area contributed by atoms with Crippen molar-refractivity contribution < 1.29 is 4.79 Å². The fourth-order valence-corrected chi connectivity index (χ4v) is 2.33. The quantitative estimate of drug-likeness (QED) is 0.742. The number of nitrogens with zero attached hydrogens (tertiary/aromatic N) is 1. The van der Waals surface area contributed by atoms with Gasteiger partial charge in [-0.25, -0.2) is 4.79 Å². The minimum atomic E-state index is -0.0957. The van der Waals surface area contributed by atoms with Gasteiger partial charge < -0.3 is 16.0 Å². The van der Waals surface area contributed by atoms with Gasteiger partial charge in [0.05, 0.1) is 0 Å². The van der Waals surface area contributed by atoms with Gasteiger partial charge in [-0.3, -0.25) is 4.90 Å². The van der Waals surface area contributed by atoms with E-state index in [1.165, 1.54) is 5.56 Å². The molecule has 5 nitrogen and oxygen atoms in total. The number of rotatable bonds is 5. The molecule has 0 aliphatic carbocycles. The van der Waals surface area contributed by atoms with Crippen LogP contribution in [0.25, 0.3) is 0 Å². The molecule has 1 heterocycles. The van der Waals surface area contributed by atoms with E-state index in [0.29, 0.717) is 13.1 Å². The molecule has 0 aromatic heterocycles. The molecule has 1 fully saturated rings. The van der Waals surface area contributed by atoms with Crippen LogP contribution in [0.4, 0.5) is 4.79 Å². The van der Waals surface area contributed by atoms with Crippen LogP contribution in [0.15, 0.2) is 24.3 Å². The molecule has 1 aromatic rings. The first-order valence-electron chi connectivity index (χ1n) is 7.24. The summed E-state index contributed by atoms with van der Waals surface area (Å²) >= 11 is 0. The summed E-state index contributed by atoms with van der Waals surface area (Å²) in [5.41, 5.74) is 2.34. The van der Waals surface area contributed by atoms with E-state index in [1.54, 1.807) is 0 Å². The van der Waals surface area contributed by atoms with Gasteiger partial charge in [0.15, 0.2) is 0 Å². The number of hydrogen-bond donors (Lipinski definition) is 3. The third kappa shape index (κ3) is 5.19. The molecule has 20 heavy (non-hydrogen) atoms. The molecule has 0 spiro atoms. The number of hydrogen-bond acceptors (Lipinski definition) is 3. The Morgan fingerprint density at radius 2 is 2.10 bits per heavy atom. The third-order valence-corrected chi connectivity index (χ3v) is 3.46. The van der Waals surface area contributed by atoms with E-state index in [-0.39, 0.29) is 6.03 Å². The number of benzene rings is 1. The molecule has 2 amide bonds. The van der Waals surface area contributed by atoms with Crippen molar-refractivity contribution in [2.75, 3.05) is 39.3 Å². The summed E-state index contributed by atoms with van der Waals surface area (Å²) in [6.07, 6.45) is 0. The fourth-order valence-electron chi connectivity index (χ4n) is 2.33. The molecule has 1 aliphatic heterocycles. The lowest BCUT2D eigenvalue weighted by Gasteiger charge is -2.27. The molecule has 110 valence electrons. The molecule has 1 aromatic carbocycles. The molecular formula is C15H24N4O. The summed E-state index contributed by atoms with van der Waals surface area (Å²) in [5.74, 6) is 0. The van der Waals surface area contributed by atoms with Crippen LogP contribution in [0.1, 0.15) is 11.1 Å². The van der Waals surface area contributed by atoms with Crippen LogP contribution >= 0.6 is 0 Å². The molecule has 3 N–H and O–H groups in total. The topological polar surface area (TPSA) is 56.4 Å². The van der Waals surface area contributed by atoms with Crippen molar-refractivity contribution in [2.24, 2.45) is 0 Å². The summed E-state index contributed by atoms with van der Waals surface area (Å²) in [7, 11) is 0. The third-order valence-electron chi connectivity index (χ3n) is 3.46. The Hall–Kier alpha value is -1.59. The van der Waals surface area contributed by atoms with Crippen molar-refractivity contribution in [1.29, 1.82) is 0 Å². The highest BCUT2D eigenvalue weighted by molar-refractivity contribution is 5.73. The largest absolute Gasteiger partial charge is 0.337 e. The molecule has 1 saturated heterocycles. The van der Waals surface area contributed by atoms with Gasteiger partial charge >= 0.3 is 6.03 Å². The van der Waals surface area contributed by atoms with E-state index < -0.39 is 0 Å². The van der Waals surface area contributed by atoms with Crippen molar-refractivity contribution in [2.45, 2.75) is 13.5 Å². The second-order valence-corrected chi connectivity index (χ2v) is 5.19. The number of carbonyl (C=O) groups is 1. The molecule has 0 bridgehead atoms. The highest BCUT2D eigenvalue weighted by Gasteiger charge is 2.09. The fraction of sp³-hybridized carbons (Fsp3) is 0.533. The van der Waals surface area contributed by atoms with Gasteiger partial charge in [0, 0.05) is 45.8 Å². The van der Waals surface area contributed by atoms with E-state index in [2.05, 4.69) is 39.9 Å². The minimum absolute atomic E-state index is 0.0957. The Morgan fingerprint density at radius 3 is 2.85 bits per heavy atom. The standard InChI is InChI=1S/C15H24N4O/c1-13-3-2-4-14(11-13)12-18-15(20)17-7-10-19-8-5-16-6-9-19/h2-4,11,16H,5-10,12H2,1H3,(H2,17,18,20). The van der Waals surface area contributed by atoms with E-state index >= 15 is 0 Å². The van der Waals surface area contributed by atoms with Crippen LogP contribution in [0, 0.1) is 6.92 Å². The van der Waals surface area contributed by atoms with Crippen LogP contribution in [-0.2, 0) is 6.54 Å². The number of nitrogens with one attached hydrogen (secondary N) is 3. The van der Waals surface area contributed by atoms with E-state index in [9.17, 15) is 4.79 Å². The van der Waals surface area contributed by atoms with Gasteiger partial charge in [-0.1, -0.05) is 29.8 Å². The van der Waals surface area contributed by atoms with Crippen molar-refractivity contribution in [3.8, 4) is 0 Å². The smallest absolute Gasteiger partial charge is 0.315 e. The van der Waals surface area contributed by atoms with Crippen LogP contribution < -0.4 is 16.0 Å². The molecule has 0 unspecified atom stereocenters. The van der Waals surface area contributed by atoms with Crippen molar-refractivity contribution in [3.63, 3.8) is 0 Å². The monoisotopic (exact) mass is 276 g/mol. The van der Waals surface area contributed by atoms with Gasteiger partial charge in [-0.15, -0.1) is 0 Å². The number of urea groups is 1. The van der Waals surface area contributed by atoms with Gasteiger partial charge in [-0.05, 0) is 12.5 Å². The Balaban J connectivity index is 1.60. The second kappa shape index (κ2) is 7.87. The molecule has 0 atom stereocenters. The molecule has 1 aliphatic rings. The van der Waals surface area contributed by atoms with Crippen LogP contribution in [0.2, 0.25) is 0 Å². The lowest BCUT2D eigenvalue weighted by atomic mass is 10.1. The number of amides is 2. The average Bonchev–Trinajstić information content (AvgIpc) is 2.46. The minimum Gasteiger partial charge on any atom is -0.337 e. The van der Waals surface area contributed by atoms with Crippen LogP contribution in [-0.4, -0.2) is 50.2 Å². The Labute approximate surface area is 120 Å². The maximum atomic E-state index is 11.7. The van der Waals surface area contributed by atoms with E-state index in [0.717, 1.165) is 38.3 Å². The van der Waals surface area contributed by atoms with Crippen molar-refractivity contribution >= 4 is 6.03 Å². The van der Waals surface area contributed by atoms with Crippen LogP contribution in [0.5, 0.6) is 0 Å². The van der Waals surface area contributed by atoms with Crippen molar-refractivity contribution in [1.82, 2.24) is 20.9 Å². The number of piperazine rings is 1. The molecule has 2 rings (SSSR count). The van der Waals surface area contributed by atoms with Crippen molar-refractivity contribution in [3.05, 3.63) is 35.4 Å². The first-order chi connectivity index (χ1) is 9.74.